The normalized spacial score (nSPS) is 14.8. The van der Waals surface area contributed by atoms with E-state index in [0.717, 1.165) is 24.7 Å². The number of aromatic amines is 1. The Bertz CT molecular complexity index is 1150. The van der Waals surface area contributed by atoms with Gasteiger partial charge in [0.2, 0.25) is 5.95 Å². The number of para-hydroxylation sites is 1. The van der Waals surface area contributed by atoms with Gasteiger partial charge in [-0.05, 0) is 38.5 Å². The number of benzene rings is 1. The number of morpholine rings is 1. The molecule has 0 bridgehead atoms. The molecule has 9 nitrogen and oxygen atoms in total. The van der Waals surface area contributed by atoms with Crippen molar-refractivity contribution in [3.05, 3.63) is 52.8 Å². The number of methoxy groups -OCH3 is 1. The van der Waals surface area contributed by atoms with E-state index >= 15 is 0 Å². The number of hydrogen-bond acceptors (Lipinski definition) is 8. The lowest BCUT2D eigenvalue weighted by molar-refractivity contribution is 0.0599. The third-order valence-electron chi connectivity index (χ3n) is 5.65. The Labute approximate surface area is 196 Å². The number of anilines is 1. The molecule has 0 amide bonds. The maximum atomic E-state index is 13.3. The minimum atomic E-state index is -0.462. The molecule has 0 saturated carbocycles. The van der Waals surface area contributed by atoms with Gasteiger partial charge in [0.1, 0.15) is 0 Å². The number of aromatic nitrogens is 4. The van der Waals surface area contributed by atoms with Gasteiger partial charge in [0.25, 0.3) is 0 Å². The van der Waals surface area contributed by atoms with Crippen LogP contribution in [0, 0.1) is 13.8 Å². The zero-order valence-electron chi connectivity index (χ0n) is 19.1. The summed E-state index contributed by atoms with van der Waals surface area (Å²) in [6.07, 6.45) is 0. The molecule has 1 N–H and O–H groups in total. The van der Waals surface area contributed by atoms with Crippen molar-refractivity contribution in [1.82, 2.24) is 19.7 Å². The van der Waals surface area contributed by atoms with E-state index in [9.17, 15) is 9.59 Å². The number of rotatable bonds is 7. The molecule has 1 saturated heterocycles. The number of ether oxygens (including phenoxy) is 2. The van der Waals surface area contributed by atoms with Gasteiger partial charge in [0.05, 0.1) is 42.5 Å². The number of carbonyl (C=O) groups is 2. The number of H-pyrrole nitrogens is 1. The summed E-state index contributed by atoms with van der Waals surface area (Å²) in [5.41, 5.74) is 2.94. The van der Waals surface area contributed by atoms with Crippen LogP contribution < -0.4 is 4.90 Å². The lowest BCUT2D eigenvalue weighted by Gasteiger charge is -2.28. The standard InChI is InChI=1S/C23H27N5O4S/c1-14-18(21(30)31-4)15(2)24-19(14)20(29)16(3)33-23-26-25-22(27-10-12-32-13-11-27)28(23)17-8-6-5-7-9-17/h5-9,16,24H,10-13H2,1-4H3. The number of Topliss-reactive ketones (excluding diaryl/α,β-unsaturated/α-hetero) is 1. The smallest absolute Gasteiger partial charge is 0.339 e. The lowest BCUT2D eigenvalue weighted by Crippen LogP contribution is -2.37. The van der Waals surface area contributed by atoms with Crippen LogP contribution in [0.4, 0.5) is 5.95 Å². The Hall–Kier alpha value is -3.11. The molecule has 3 aromatic rings. The fraction of sp³-hybridized carbons (Fsp3) is 0.391. The fourth-order valence-electron chi connectivity index (χ4n) is 3.93. The number of nitrogens with one attached hydrogen (secondary N) is 1. The van der Waals surface area contributed by atoms with Gasteiger partial charge >= 0.3 is 5.97 Å². The number of aryl methyl sites for hydroxylation is 1. The van der Waals surface area contributed by atoms with Crippen LogP contribution in [0.1, 0.15) is 39.0 Å². The zero-order chi connectivity index (χ0) is 23.5. The van der Waals surface area contributed by atoms with Gasteiger partial charge in [0.15, 0.2) is 10.9 Å². The van der Waals surface area contributed by atoms with Crippen LogP contribution in [0.2, 0.25) is 0 Å². The fourth-order valence-corrected chi connectivity index (χ4v) is 4.85. The Morgan fingerprint density at radius 3 is 2.52 bits per heavy atom. The van der Waals surface area contributed by atoms with Gasteiger partial charge in [-0.1, -0.05) is 30.0 Å². The summed E-state index contributed by atoms with van der Waals surface area (Å²) >= 11 is 1.34. The Kier molecular flexibility index (Phi) is 6.85. The van der Waals surface area contributed by atoms with Crippen molar-refractivity contribution in [2.75, 3.05) is 38.3 Å². The summed E-state index contributed by atoms with van der Waals surface area (Å²) in [7, 11) is 1.33. The molecule has 4 rings (SSSR count). The molecular formula is C23H27N5O4S. The second-order valence-electron chi connectivity index (χ2n) is 7.79. The predicted octanol–water partition coefficient (Wildman–Crippen LogP) is 3.20. The predicted molar refractivity (Wildman–Crippen MR) is 126 cm³/mol. The summed E-state index contributed by atoms with van der Waals surface area (Å²) in [5, 5.41) is 9.04. The third-order valence-corrected chi connectivity index (χ3v) is 6.69. The highest BCUT2D eigenvalue weighted by Gasteiger charge is 2.29. The van der Waals surface area contributed by atoms with Crippen molar-refractivity contribution in [3.63, 3.8) is 0 Å². The van der Waals surface area contributed by atoms with E-state index in [1.807, 2.05) is 41.8 Å². The van der Waals surface area contributed by atoms with E-state index in [-0.39, 0.29) is 5.78 Å². The first-order valence-electron chi connectivity index (χ1n) is 10.7. The first-order valence-corrected chi connectivity index (χ1v) is 11.6. The minimum Gasteiger partial charge on any atom is -0.465 e. The van der Waals surface area contributed by atoms with E-state index in [4.69, 9.17) is 9.47 Å². The molecule has 33 heavy (non-hydrogen) atoms. The molecule has 1 unspecified atom stereocenters. The highest BCUT2D eigenvalue weighted by molar-refractivity contribution is 8.00. The van der Waals surface area contributed by atoms with Crippen molar-refractivity contribution in [3.8, 4) is 5.69 Å². The highest BCUT2D eigenvalue weighted by atomic mass is 32.2. The maximum absolute atomic E-state index is 13.3. The van der Waals surface area contributed by atoms with Gasteiger partial charge in [-0.3, -0.25) is 9.36 Å². The van der Waals surface area contributed by atoms with Gasteiger partial charge in [-0.2, -0.15) is 0 Å². The summed E-state index contributed by atoms with van der Waals surface area (Å²) < 4.78 is 12.3. The minimum absolute atomic E-state index is 0.119. The molecule has 10 heteroatoms. The van der Waals surface area contributed by atoms with Crippen molar-refractivity contribution >= 4 is 29.5 Å². The van der Waals surface area contributed by atoms with E-state index in [2.05, 4.69) is 20.1 Å². The van der Waals surface area contributed by atoms with Crippen LogP contribution in [0.15, 0.2) is 35.5 Å². The monoisotopic (exact) mass is 469 g/mol. The second kappa shape index (κ2) is 9.80. The Balaban J connectivity index is 1.65. The van der Waals surface area contributed by atoms with Crippen LogP contribution in [0.25, 0.3) is 5.69 Å². The van der Waals surface area contributed by atoms with Gasteiger partial charge < -0.3 is 19.4 Å². The van der Waals surface area contributed by atoms with Crippen molar-refractivity contribution in [2.24, 2.45) is 0 Å². The Morgan fingerprint density at radius 1 is 1.15 bits per heavy atom. The van der Waals surface area contributed by atoms with E-state index in [1.54, 1.807) is 13.8 Å². The van der Waals surface area contributed by atoms with E-state index in [0.29, 0.717) is 40.9 Å². The number of hydrogen-bond donors (Lipinski definition) is 1. The van der Waals surface area contributed by atoms with Crippen LogP contribution in [-0.2, 0) is 9.47 Å². The summed E-state index contributed by atoms with van der Waals surface area (Å²) in [6.45, 7) is 8.05. The summed E-state index contributed by atoms with van der Waals surface area (Å²) in [6, 6.07) is 9.86. The number of esters is 1. The first-order chi connectivity index (χ1) is 15.9. The summed E-state index contributed by atoms with van der Waals surface area (Å²) in [5.74, 6) is 0.150. The van der Waals surface area contributed by atoms with Gasteiger partial charge in [-0.25, -0.2) is 4.79 Å². The largest absolute Gasteiger partial charge is 0.465 e. The van der Waals surface area contributed by atoms with Crippen LogP contribution in [0.5, 0.6) is 0 Å². The van der Waals surface area contributed by atoms with Crippen LogP contribution >= 0.6 is 11.8 Å². The molecule has 1 atom stereocenters. The second-order valence-corrected chi connectivity index (χ2v) is 9.10. The molecule has 1 aliphatic heterocycles. The summed E-state index contributed by atoms with van der Waals surface area (Å²) in [4.78, 5) is 30.6. The van der Waals surface area contributed by atoms with E-state index < -0.39 is 11.2 Å². The SMILES string of the molecule is COC(=O)c1c(C)[nH]c(C(=O)C(C)Sc2nnc(N3CCOCC3)n2-c2ccccc2)c1C. The van der Waals surface area contributed by atoms with Crippen molar-refractivity contribution in [2.45, 2.75) is 31.2 Å². The highest BCUT2D eigenvalue weighted by Crippen LogP contribution is 2.31. The maximum Gasteiger partial charge on any atom is 0.339 e. The van der Waals surface area contributed by atoms with Crippen molar-refractivity contribution < 1.29 is 19.1 Å². The van der Waals surface area contributed by atoms with Gasteiger partial charge in [-0.15, -0.1) is 10.2 Å². The molecule has 3 heterocycles. The number of nitrogens with zero attached hydrogens (tertiary/aromatic N) is 4. The number of ketones is 1. The topological polar surface area (TPSA) is 102 Å². The Morgan fingerprint density at radius 2 is 1.85 bits per heavy atom. The molecule has 174 valence electrons. The molecule has 1 fully saturated rings. The van der Waals surface area contributed by atoms with Crippen LogP contribution in [0.3, 0.4) is 0 Å². The number of thioether (sulfide) groups is 1. The molecule has 1 aromatic carbocycles. The van der Waals surface area contributed by atoms with Crippen molar-refractivity contribution in [1.29, 1.82) is 0 Å². The van der Waals surface area contributed by atoms with E-state index in [1.165, 1.54) is 18.9 Å². The number of carbonyl (C=O) groups excluding carboxylic acids is 2. The molecule has 2 aromatic heterocycles. The lowest BCUT2D eigenvalue weighted by atomic mass is 10.1. The third kappa shape index (κ3) is 4.53. The molecule has 0 spiro atoms. The quantitative estimate of drug-likeness (QED) is 0.320. The van der Waals surface area contributed by atoms with Gasteiger partial charge in [0, 0.05) is 18.8 Å². The molecule has 0 aliphatic carbocycles. The molecule has 1 aliphatic rings. The molecule has 0 radical (unpaired) electrons. The molecular weight excluding hydrogens is 442 g/mol. The first kappa shape index (κ1) is 23.1. The average Bonchev–Trinajstić information content (AvgIpc) is 3.39. The van der Waals surface area contributed by atoms with Crippen LogP contribution in [-0.4, -0.2) is 70.2 Å². The zero-order valence-corrected chi connectivity index (χ0v) is 19.9. The average molecular weight is 470 g/mol.